The van der Waals surface area contributed by atoms with Crippen LogP contribution < -0.4 is 5.56 Å². The minimum absolute atomic E-state index is 0.133. The molecular weight excluding hydrogens is 358 g/mol. The van der Waals surface area contributed by atoms with Gasteiger partial charge in [-0.05, 0) is 37.3 Å². The van der Waals surface area contributed by atoms with Crippen molar-refractivity contribution in [3.05, 3.63) is 63.7 Å². The van der Waals surface area contributed by atoms with E-state index in [0.717, 1.165) is 0 Å². The summed E-state index contributed by atoms with van der Waals surface area (Å²) >= 11 is 5.89. The van der Waals surface area contributed by atoms with Crippen LogP contribution in [0.2, 0.25) is 5.02 Å². The summed E-state index contributed by atoms with van der Waals surface area (Å²) in [6.45, 7) is 1.95. The van der Waals surface area contributed by atoms with Gasteiger partial charge in [0.2, 0.25) is 0 Å². The molecule has 0 saturated carbocycles. The van der Waals surface area contributed by atoms with Gasteiger partial charge in [-0.15, -0.1) is 10.2 Å². The van der Waals surface area contributed by atoms with E-state index in [2.05, 4.69) is 15.3 Å². The number of esters is 1. The fraction of sp³-hybridized carbons (Fsp3) is 0.118. The average Bonchev–Trinajstić information content (AvgIpc) is 3.08. The lowest BCUT2D eigenvalue weighted by Gasteiger charge is -2.07. The van der Waals surface area contributed by atoms with Crippen LogP contribution in [0.5, 0.6) is 0 Å². The molecule has 130 valence electrons. The van der Waals surface area contributed by atoms with E-state index in [0.29, 0.717) is 16.2 Å². The second-order valence-electron chi connectivity index (χ2n) is 5.42. The molecule has 0 atom stereocenters. The van der Waals surface area contributed by atoms with Crippen LogP contribution in [0, 0.1) is 0 Å². The van der Waals surface area contributed by atoms with Crippen LogP contribution in [0.15, 0.2) is 47.5 Å². The van der Waals surface area contributed by atoms with Crippen molar-refractivity contribution in [1.82, 2.24) is 24.4 Å². The zero-order valence-electron chi connectivity index (χ0n) is 13.6. The maximum atomic E-state index is 12.8. The summed E-state index contributed by atoms with van der Waals surface area (Å²) in [4.78, 5) is 24.8. The highest BCUT2D eigenvalue weighted by Crippen LogP contribution is 2.16. The van der Waals surface area contributed by atoms with E-state index in [1.165, 1.54) is 15.3 Å². The van der Waals surface area contributed by atoms with Gasteiger partial charge >= 0.3 is 5.97 Å². The molecule has 0 spiro atoms. The van der Waals surface area contributed by atoms with Gasteiger partial charge in [0.25, 0.3) is 5.56 Å². The molecule has 0 N–H and O–H groups in total. The molecule has 0 fully saturated rings. The van der Waals surface area contributed by atoms with Crippen molar-refractivity contribution in [3.63, 3.8) is 0 Å². The second-order valence-corrected chi connectivity index (χ2v) is 5.85. The van der Waals surface area contributed by atoms with Gasteiger partial charge in [0.05, 0.1) is 12.8 Å². The van der Waals surface area contributed by atoms with E-state index in [1.807, 2.05) is 0 Å². The zero-order valence-corrected chi connectivity index (χ0v) is 14.3. The molecule has 3 aromatic heterocycles. The number of aromatic nitrogens is 5. The normalized spacial score (nSPS) is 11.2. The molecule has 0 radical (unpaired) electrons. The van der Waals surface area contributed by atoms with Crippen LogP contribution in [0.3, 0.4) is 0 Å². The van der Waals surface area contributed by atoms with Crippen molar-refractivity contribution in [2.24, 2.45) is 0 Å². The van der Waals surface area contributed by atoms with Crippen LogP contribution >= 0.6 is 11.6 Å². The lowest BCUT2D eigenvalue weighted by molar-refractivity contribution is 0.0528. The standard InChI is InChI=1S/C17H12ClN5O3/c1-2-26-17(25)12-9-19-23-13-7-8-22(11-5-3-10(18)4-6-11)16(24)14(13)20-21-15(12)23/h3-9H,2H2,1H3. The van der Waals surface area contributed by atoms with Crippen LogP contribution in [0.4, 0.5) is 0 Å². The van der Waals surface area contributed by atoms with E-state index >= 15 is 0 Å². The molecule has 8 nitrogen and oxygen atoms in total. The Morgan fingerprint density at radius 3 is 2.69 bits per heavy atom. The monoisotopic (exact) mass is 369 g/mol. The number of fused-ring (bicyclic) bond motifs is 3. The van der Waals surface area contributed by atoms with Crippen molar-refractivity contribution in [1.29, 1.82) is 0 Å². The van der Waals surface area contributed by atoms with Crippen LogP contribution in [0.25, 0.3) is 22.4 Å². The minimum Gasteiger partial charge on any atom is -0.462 e. The summed E-state index contributed by atoms with van der Waals surface area (Å²) < 4.78 is 7.82. The molecule has 26 heavy (non-hydrogen) atoms. The largest absolute Gasteiger partial charge is 0.462 e. The Morgan fingerprint density at radius 1 is 1.19 bits per heavy atom. The smallest absolute Gasteiger partial charge is 0.343 e. The van der Waals surface area contributed by atoms with E-state index in [9.17, 15) is 9.59 Å². The maximum Gasteiger partial charge on any atom is 0.343 e. The van der Waals surface area contributed by atoms with Crippen LogP contribution in [-0.4, -0.2) is 37.0 Å². The Labute approximate surface area is 151 Å². The summed E-state index contributed by atoms with van der Waals surface area (Å²) in [7, 11) is 0. The quantitative estimate of drug-likeness (QED) is 0.514. The summed E-state index contributed by atoms with van der Waals surface area (Å²) in [5.74, 6) is -0.536. The Hall–Kier alpha value is -3.26. The Balaban J connectivity index is 1.91. The summed E-state index contributed by atoms with van der Waals surface area (Å²) in [6, 6.07) is 8.54. The predicted octanol–water partition coefficient (Wildman–Crippen LogP) is 2.26. The molecule has 4 rings (SSSR count). The highest BCUT2D eigenvalue weighted by Gasteiger charge is 2.18. The maximum absolute atomic E-state index is 12.8. The van der Waals surface area contributed by atoms with Crippen molar-refractivity contribution in [2.75, 3.05) is 6.61 Å². The first-order valence-electron chi connectivity index (χ1n) is 7.79. The van der Waals surface area contributed by atoms with Gasteiger partial charge in [0.15, 0.2) is 11.2 Å². The zero-order chi connectivity index (χ0) is 18.3. The van der Waals surface area contributed by atoms with Gasteiger partial charge in [0, 0.05) is 16.9 Å². The van der Waals surface area contributed by atoms with Gasteiger partial charge in [-0.1, -0.05) is 11.6 Å². The number of nitrogens with zero attached hydrogens (tertiary/aromatic N) is 5. The molecule has 0 saturated heterocycles. The second kappa shape index (κ2) is 6.23. The molecule has 4 aromatic rings. The molecule has 0 aliphatic carbocycles. The first-order chi connectivity index (χ1) is 12.6. The van der Waals surface area contributed by atoms with E-state index in [4.69, 9.17) is 16.3 Å². The first kappa shape index (κ1) is 16.2. The molecule has 0 aliphatic heterocycles. The number of benzene rings is 1. The fourth-order valence-electron chi connectivity index (χ4n) is 2.65. The van der Waals surface area contributed by atoms with E-state index < -0.39 is 5.97 Å². The Kier molecular flexibility index (Phi) is 3.89. The number of hydrogen-bond acceptors (Lipinski definition) is 6. The number of ether oxygens (including phenoxy) is 1. The minimum atomic E-state index is -0.536. The first-order valence-corrected chi connectivity index (χ1v) is 8.17. The molecule has 1 aromatic carbocycles. The molecule has 0 unspecified atom stereocenters. The number of rotatable bonds is 3. The molecule has 0 amide bonds. The Morgan fingerprint density at radius 2 is 1.96 bits per heavy atom. The SMILES string of the molecule is CCOC(=O)c1cnn2c1nnc1c(=O)n(-c3ccc(Cl)cc3)ccc12. The fourth-order valence-corrected chi connectivity index (χ4v) is 2.78. The third-order valence-corrected chi connectivity index (χ3v) is 4.11. The van der Waals surface area contributed by atoms with Gasteiger partial charge in [-0.3, -0.25) is 9.36 Å². The van der Waals surface area contributed by atoms with Gasteiger partial charge < -0.3 is 4.74 Å². The van der Waals surface area contributed by atoms with Gasteiger partial charge in [-0.2, -0.15) is 5.10 Å². The van der Waals surface area contributed by atoms with Gasteiger partial charge in [0.1, 0.15) is 11.1 Å². The number of hydrogen-bond donors (Lipinski definition) is 0. The van der Waals surface area contributed by atoms with Crippen LogP contribution in [0.1, 0.15) is 17.3 Å². The van der Waals surface area contributed by atoms with Crippen LogP contribution in [-0.2, 0) is 4.74 Å². The molecular formula is C17H12ClN5O3. The predicted molar refractivity (Wildman–Crippen MR) is 94.9 cm³/mol. The summed E-state index contributed by atoms with van der Waals surface area (Å²) in [6.07, 6.45) is 2.97. The third kappa shape index (κ3) is 2.51. The lowest BCUT2D eigenvalue weighted by atomic mass is 10.3. The van der Waals surface area contributed by atoms with Gasteiger partial charge in [-0.25, -0.2) is 9.31 Å². The topological polar surface area (TPSA) is 91.4 Å². The summed E-state index contributed by atoms with van der Waals surface area (Å²) in [5.41, 5.74) is 1.31. The third-order valence-electron chi connectivity index (χ3n) is 3.86. The van der Waals surface area contributed by atoms with E-state index in [-0.39, 0.29) is 28.9 Å². The average molecular weight is 370 g/mol. The number of pyridine rings is 1. The van der Waals surface area contributed by atoms with Crippen molar-refractivity contribution < 1.29 is 9.53 Å². The number of carbonyl (C=O) groups excluding carboxylic acids is 1. The van der Waals surface area contributed by atoms with Crippen molar-refractivity contribution >= 4 is 34.3 Å². The number of carbonyl (C=O) groups is 1. The highest BCUT2D eigenvalue weighted by atomic mass is 35.5. The number of halogens is 1. The van der Waals surface area contributed by atoms with Crippen molar-refractivity contribution in [3.8, 4) is 5.69 Å². The molecule has 0 aliphatic rings. The lowest BCUT2D eigenvalue weighted by Crippen LogP contribution is -2.20. The molecule has 3 heterocycles. The summed E-state index contributed by atoms with van der Waals surface area (Å²) in [5, 5.41) is 12.7. The highest BCUT2D eigenvalue weighted by molar-refractivity contribution is 6.30. The molecule has 0 bridgehead atoms. The van der Waals surface area contributed by atoms with Crippen molar-refractivity contribution in [2.45, 2.75) is 6.92 Å². The van der Waals surface area contributed by atoms with E-state index in [1.54, 1.807) is 43.5 Å². The Bertz CT molecular complexity index is 1200. The molecule has 9 heteroatoms.